The Morgan fingerprint density at radius 2 is 2.03 bits per heavy atom. The maximum absolute atomic E-state index is 13.2. The lowest BCUT2D eigenvalue weighted by atomic mass is 10.0. The number of esters is 1. The third-order valence-electron chi connectivity index (χ3n) is 5.03. The first-order chi connectivity index (χ1) is 14.8. The molecule has 0 spiro atoms. The summed E-state index contributed by atoms with van der Waals surface area (Å²) in [6.45, 7) is 11.0. The first kappa shape index (κ1) is 22.4. The van der Waals surface area contributed by atoms with E-state index >= 15 is 0 Å². The van der Waals surface area contributed by atoms with E-state index in [0.717, 1.165) is 33.4 Å². The topological polar surface area (TPSA) is 90.3 Å². The molecule has 162 valence electrons. The second-order valence-electron chi connectivity index (χ2n) is 7.24. The van der Waals surface area contributed by atoms with Crippen LogP contribution in [0, 0.1) is 20.8 Å². The van der Waals surface area contributed by atoms with Gasteiger partial charge in [0.15, 0.2) is 5.13 Å². The molecule has 1 N–H and O–H groups in total. The van der Waals surface area contributed by atoms with Crippen LogP contribution in [0.1, 0.15) is 45.9 Å². The van der Waals surface area contributed by atoms with Crippen LogP contribution >= 0.6 is 11.3 Å². The van der Waals surface area contributed by atoms with E-state index in [1.807, 2.05) is 39.0 Å². The zero-order valence-corrected chi connectivity index (χ0v) is 18.8. The van der Waals surface area contributed by atoms with E-state index in [0.29, 0.717) is 17.0 Å². The van der Waals surface area contributed by atoms with Crippen LogP contribution in [-0.4, -0.2) is 28.0 Å². The number of carbonyl (C=O) groups is 2. The van der Waals surface area contributed by atoms with Crippen molar-refractivity contribution in [3.63, 3.8) is 0 Å². The van der Waals surface area contributed by atoms with E-state index in [2.05, 4.69) is 16.9 Å². The van der Waals surface area contributed by atoms with Crippen LogP contribution in [0.15, 0.2) is 41.7 Å². The number of fused-ring (bicyclic) bond motifs is 1. The molecular weight excluding hydrogens is 414 g/mol. The minimum Gasteiger partial charge on any atom is -0.457 e. The van der Waals surface area contributed by atoms with Crippen molar-refractivity contribution in [1.29, 1.82) is 0 Å². The van der Waals surface area contributed by atoms with Gasteiger partial charge in [0.05, 0.1) is 11.2 Å². The molecule has 1 aromatic carbocycles. The number of carbonyl (C=O) groups excluding carboxylic acids is 2. The van der Waals surface area contributed by atoms with Crippen molar-refractivity contribution in [2.45, 2.75) is 40.2 Å². The molecule has 3 aromatic rings. The van der Waals surface area contributed by atoms with Gasteiger partial charge in [-0.05, 0) is 38.3 Å². The predicted octanol–water partition coefficient (Wildman–Crippen LogP) is 4.32. The van der Waals surface area contributed by atoms with Gasteiger partial charge in [-0.2, -0.15) is 0 Å². The number of benzene rings is 1. The zero-order valence-electron chi connectivity index (χ0n) is 18.0. The van der Waals surface area contributed by atoms with Gasteiger partial charge in [0.2, 0.25) is 5.91 Å². The molecule has 2 heterocycles. The minimum atomic E-state index is -0.725. The minimum absolute atomic E-state index is 0.0958. The summed E-state index contributed by atoms with van der Waals surface area (Å²) >= 11 is 1.04. The molecule has 0 bridgehead atoms. The molecule has 0 aliphatic heterocycles. The Morgan fingerprint density at radius 1 is 1.29 bits per heavy atom. The summed E-state index contributed by atoms with van der Waals surface area (Å²) in [5.41, 5.74) is 2.77. The normalized spacial score (nSPS) is 11.9. The molecule has 31 heavy (non-hydrogen) atoms. The Morgan fingerprint density at radius 3 is 2.71 bits per heavy atom. The van der Waals surface area contributed by atoms with Crippen molar-refractivity contribution in [2.75, 3.05) is 11.9 Å². The van der Waals surface area contributed by atoms with E-state index in [4.69, 9.17) is 4.74 Å². The lowest BCUT2D eigenvalue weighted by Gasteiger charge is -2.21. The average Bonchev–Trinajstić information content (AvgIpc) is 3.09. The number of pyridine rings is 1. The van der Waals surface area contributed by atoms with E-state index in [-0.39, 0.29) is 23.2 Å². The molecule has 0 saturated carbocycles. The number of amides is 1. The Labute approximate surface area is 184 Å². The van der Waals surface area contributed by atoms with E-state index in [9.17, 15) is 14.4 Å². The van der Waals surface area contributed by atoms with Gasteiger partial charge in [0.1, 0.15) is 17.5 Å². The van der Waals surface area contributed by atoms with Gasteiger partial charge < -0.3 is 10.1 Å². The smallest absolute Gasteiger partial charge is 0.350 e. The van der Waals surface area contributed by atoms with Crippen LogP contribution in [0.5, 0.6) is 0 Å². The Balaban J connectivity index is 1.97. The van der Waals surface area contributed by atoms with Gasteiger partial charge in [-0.3, -0.25) is 14.2 Å². The van der Waals surface area contributed by atoms with Crippen molar-refractivity contribution in [2.24, 2.45) is 0 Å². The monoisotopic (exact) mass is 439 g/mol. The average molecular weight is 440 g/mol. The number of nitrogens with zero attached hydrogens (tertiary/aromatic N) is 2. The van der Waals surface area contributed by atoms with Gasteiger partial charge in [-0.15, -0.1) is 0 Å². The fraction of sp³-hybridized carbons (Fsp3) is 0.304. The number of rotatable bonds is 7. The number of nitrogens with one attached hydrogen (secondary N) is 1. The maximum atomic E-state index is 13.2. The fourth-order valence-electron chi connectivity index (χ4n) is 3.56. The highest BCUT2D eigenvalue weighted by Crippen LogP contribution is 2.27. The summed E-state index contributed by atoms with van der Waals surface area (Å²) in [5, 5.41) is 3.99. The molecule has 8 heteroatoms. The van der Waals surface area contributed by atoms with Gasteiger partial charge in [0, 0.05) is 11.5 Å². The zero-order chi connectivity index (χ0) is 22.7. The third-order valence-corrected chi connectivity index (χ3v) is 6.08. The molecule has 3 rings (SSSR count). The molecule has 7 nitrogen and oxygen atoms in total. The van der Waals surface area contributed by atoms with Crippen LogP contribution < -0.4 is 10.9 Å². The van der Waals surface area contributed by atoms with Crippen molar-refractivity contribution < 1.29 is 14.3 Å². The highest BCUT2D eigenvalue weighted by molar-refractivity contribution is 7.17. The second kappa shape index (κ2) is 9.26. The first-order valence-corrected chi connectivity index (χ1v) is 10.8. The molecule has 0 fully saturated rings. The number of aromatic nitrogens is 2. The van der Waals surface area contributed by atoms with Crippen LogP contribution in [0.3, 0.4) is 0 Å². The molecule has 0 saturated heterocycles. The van der Waals surface area contributed by atoms with Crippen LogP contribution in [0.2, 0.25) is 0 Å². The van der Waals surface area contributed by atoms with Gasteiger partial charge in [-0.25, -0.2) is 9.78 Å². The summed E-state index contributed by atoms with van der Waals surface area (Å²) in [6, 6.07) is 6.64. The summed E-state index contributed by atoms with van der Waals surface area (Å²) in [6.07, 6.45) is 1.89. The third kappa shape index (κ3) is 4.44. The van der Waals surface area contributed by atoms with Gasteiger partial charge in [0.25, 0.3) is 5.56 Å². The SMILES string of the molecule is C=CCOC(=O)c1sc(NC(=O)C(CC)n2c(=O)cc(C)c3cccc(C)c32)nc1C. The number of para-hydroxylation sites is 1. The fourth-order valence-corrected chi connectivity index (χ4v) is 4.43. The molecule has 0 aliphatic rings. The van der Waals surface area contributed by atoms with Crippen LogP contribution in [0.25, 0.3) is 10.9 Å². The molecule has 0 aliphatic carbocycles. The molecule has 0 radical (unpaired) electrons. The van der Waals surface area contributed by atoms with Gasteiger partial charge >= 0.3 is 5.97 Å². The van der Waals surface area contributed by atoms with Crippen LogP contribution in [-0.2, 0) is 9.53 Å². The summed E-state index contributed by atoms with van der Waals surface area (Å²) < 4.78 is 6.61. The lowest BCUT2D eigenvalue weighted by Crippen LogP contribution is -2.33. The highest BCUT2D eigenvalue weighted by atomic mass is 32.1. The molecule has 2 aromatic heterocycles. The lowest BCUT2D eigenvalue weighted by molar-refractivity contribution is -0.119. The first-order valence-electron chi connectivity index (χ1n) is 9.96. The quantitative estimate of drug-likeness (QED) is 0.437. The Bertz CT molecular complexity index is 1230. The van der Waals surface area contributed by atoms with Crippen LogP contribution in [0.4, 0.5) is 5.13 Å². The largest absolute Gasteiger partial charge is 0.457 e. The predicted molar refractivity (Wildman–Crippen MR) is 123 cm³/mol. The van der Waals surface area contributed by atoms with Crippen molar-refractivity contribution in [1.82, 2.24) is 9.55 Å². The number of anilines is 1. The Hall–Kier alpha value is -3.26. The number of aryl methyl sites for hydroxylation is 3. The van der Waals surface area contributed by atoms with E-state index in [1.165, 1.54) is 6.08 Å². The number of hydrogen-bond donors (Lipinski definition) is 1. The standard InChI is InChI=1S/C23H25N3O4S/c1-6-11-30-22(29)20-15(5)24-23(31-20)25-21(28)17(7-2)26-18(27)12-14(4)16-10-8-9-13(3)19(16)26/h6,8-10,12,17H,1,7,11H2,2-5H3,(H,24,25,28). The number of hydrogen-bond acceptors (Lipinski definition) is 6. The van der Waals surface area contributed by atoms with Gasteiger partial charge in [-0.1, -0.05) is 49.1 Å². The second-order valence-corrected chi connectivity index (χ2v) is 8.24. The van der Waals surface area contributed by atoms with Crippen molar-refractivity contribution >= 4 is 39.2 Å². The highest BCUT2D eigenvalue weighted by Gasteiger charge is 2.25. The molecular formula is C23H25N3O4S. The number of ether oxygens (including phenoxy) is 1. The molecule has 1 atom stereocenters. The van der Waals surface area contributed by atoms with Crippen molar-refractivity contribution in [3.8, 4) is 0 Å². The summed E-state index contributed by atoms with van der Waals surface area (Å²) in [4.78, 5) is 42.8. The van der Waals surface area contributed by atoms with E-state index < -0.39 is 12.0 Å². The van der Waals surface area contributed by atoms with Crippen molar-refractivity contribution in [3.05, 3.63) is 69.0 Å². The summed E-state index contributed by atoms with van der Waals surface area (Å²) in [7, 11) is 0. The van der Waals surface area contributed by atoms with E-state index in [1.54, 1.807) is 17.6 Å². The Kier molecular flexibility index (Phi) is 6.70. The number of thiazole rings is 1. The molecule has 1 amide bonds. The maximum Gasteiger partial charge on any atom is 0.350 e. The molecule has 1 unspecified atom stereocenters. The summed E-state index contributed by atoms with van der Waals surface area (Å²) in [5.74, 6) is -0.878.